The normalized spacial score (nSPS) is 11.6. The van der Waals surface area contributed by atoms with Gasteiger partial charge in [0, 0.05) is 6.54 Å². The third-order valence-electron chi connectivity index (χ3n) is 2.81. The van der Waals surface area contributed by atoms with E-state index in [1.165, 1.54) is 12.1 Å². The minimum absolute atomic E-state index is 0.0264. The highest BCUT2D eigenvalue weighted by Crippen LogP contribution is 2.31. The molecule has 0 radical (unpaired) electrons. The van der Waals surface area contributed by atoms with Crippen LogP contribution in [0.3, 0.4) is 0 Å². The summed E-state index contributed by atoms with van der Waals surface area (Å²) < 4.78 is 24.9. The number of rotatable bonds is 4. The van der Waals surface area contributed by atoms with E-state index >= 15 is 0 Å². The van der Waals surface area contributed by atoms with Gasteiger partial charge in [0.2, 0.25) is 0 Å². The van der Waals surface area contributed by atoms with E-state index in [-0.39, 0.29) is 20.7 Å². The highest BCUT2D eigenvalue weighted by atomic mass is 35.5. The first-order chi connectivity index (χ1) is 9.44. The fraction of sp³-hybridized carbons (Fsp3) is 0.143. The zero-order chi connectivity index (χ0) is 14.8. The second-order valence-electron chi connectivity index (χ2n) is 4.33. The monoisotopic (exact) mass is 329 g/mol. The Bertz CT molecular complexity index is 709. The number of halogens is 2. The summed E-state index contributed by atoms with van der Waals surface area (Å²) in [5.74, 6) is -0.162. The van der Waals surface area contributed by atoms with E-state index in [2.05, 4.69) is 0 Å². The minimum atomic E-state index is -3.60. The molecule has 2 aromatic rings. The molecule has 0 aromatic heterocycles. The second-order valence-corrected chi connectivity index (χ2v) is 7.07. The molecule has 2 rings (SSSR count). The van der Waals surface area contributed by atoms with Crippen molar-refractivity contribution in [3.8, 4) is 0 Å². The first kappa shape index (κ1) is 15.3. The van der Waals surface area contributed by atoms with Gasteiger partial charge in [-0.1, -0.05) is 53.5 Å². The van der Waals surface area contributed by atoms with Crippen LogP contribution in [0.2, 0.25) is 10.0 Å². The summed E-state index contributed by atoms with van der Waals surface area (Å²) in [6, 6.07) is 11.8. The smallest absolute Gasteiger partial charge is 0.185 e. The van der Waals surface area contributed by atoms with Crippen LogP contribution in [-0.4, -0.2) is 8.42 Å². The van der Waals surface area contributed by atoms with Crippen LogP contribution in [0.4, 0.5) is 0 Å². The molecule has 0 aliphatic heterocycles. The SMILES string of the molecule is NCc1cccc(CS(=O)(=O)c2c(Cl)cccc2Cl)c1. The molecule has 106 valence electrons. The van der Waals surface area contributed by atoms with Gasteiger partial charge in [0.25, 0.3) is 0 Å². The van der Waals surface area contributed by atoms with Crippen LogP contribution < -0.4 is 5.73 Å². The molecule has 0 aliphatic carbocycles. The number of nitrogens with two attached hydrogens (primary N) is 1. The third kappa shape index (κ3) is 3.33. The first-order valence-electron chi connectivity index (χ1n) is 5.88. The van der Waals surface area contributed by atoms with Crippen LogP contribution in [-0.2, 0) is 22.1 Å². The molecule has 0 amide bonds. The van der Waals surface area contributed by atoms with Gasteiger partial charge in [-0.2, -0.15) is 0 Å². The Hall–Kier alpha value is -1.07. The van der Waals surface area contributed by atoms with Crippen molar-refractivity contribution >= 4 is 33.0 Å². The zero-order valence-electron chi connectivity index (χ0n) is 10.5. The van der Waals surface area contributed by atoms with E-state index in [0.29, 0.717) is 12.1 Å². The first-order valence-corrected chi connectivity index (χ1v) is 8.29. The van der Waals surface area contributed by atoms with Crippen molar-refractivity contribution in [2.24, 2.45) is 5.73 Å². The summed E-state index contributed by atoms with van der Waals surface area (Å²) in [7, 11) is -3.60. The molecule has 2 aromatic carbocycles. The van der Waals surface area contributed by atoms with Crippen LogP contribution in [0.1, 0.15) is 11.1 Å². The van der Waals surface area contributed by atoms with Crippen molar-refractivity contribution in [2.75, 3.05) is 0 Å². The van der Waals surface area contributed by atoms with E-state index in [0.717, 1.165) is 5.56 Å². The maximum absolute atomic E-state index is 12.4. The fourth-order valence-electron chi connectivity index (χ4n) is 1.92. The van der Waals surface area contributed by atoms with E-state index < -0.39 is 9.84 Å². The second kappa shape index (κ2) is 6.14. The highest BCUT2D eigenvalue weighted by Gasteiger charge is 2.22. The maximum Gasteiger partial charge on any atom is 0.185 e. The largest absolute Gasteiger partial charge is 0.326 e. The highest BCUT2D eigenvalue weighted by molar-refractivity contribution is 7.90. The van der Waals surface area contributed by atoms with Crippen molar-refractivity contribution in [3.63, 3.8) is 0 Å². The Labute approximate surface area is 128 Å². The van der Waals surface area contributed by atoms with Crippen molar-refractivity contribution in [2.45, 2.75) is 17.2 Å². The van der Waals surface area contributed by atoms with Crippen LogP contribution in [0, 0.1) is 0 Å². The van der Waals surface area contributed by atoms with Crippen molar-refractivity contribution in [3.05, 3.63) is 63.6 Å². The molecule has 0 spiro atoms. The van der Waals surface area contributed by atoms with Gasteiger partial charge in [-0.3, -0.25) is 0 Å². The predicted molar refractivity (Wildman–Crippen MR) is 81.7 cm³/mol. The van der Waals surface area contributed by atoms with Crippen molar-refractivity contribution < 1.29 is 8.42 Å². The number of hydrogen-bond acceptors (Lipinski definition) is 3. The molecular weight excluding hydrogens is 317 g/mol. The molecule has 0 aliphatic rings. The number of sulfone groups is 1. The number of benzene rings is 2. The van der Waals surface area contributed by atoms with Gasteiger partial charge in [-0.15, -0.1) is 0 Å². The Morgan fingerprint density at radius 2 is 1.50 bits per heavy atom. The van der Waals surface area contributed by atoms with E-state index in [4.69, 9.17) is 28.9 Å². The lowest BCUT2D eigenvalue weighted by atomic mass is 10.1. The summed E-state index contributed by atoms with van der Waals surface area (Å²) in [6.45, 7) is 0.362. The molecule has 0 saturated heterocycles. The molecule has 0 heterocycles. The average molecular weight is 330 g/mol. The fourth-order valence-corrected chi connectivity index (χ4v) is 4.51. The quantitative estimate of drug-likeness (QED) is 0.934. The summed E-state index contributed by atoms with van der Waals surface area (Å²) >= 11 is 11.9. The Morgan fingerprint density at radius 1 is 0.950 bits per heavy atom. The topological polar surface area (TPSA) is 60.2 Å². The van der Waals surface area contributed by atoms with Crippen LogP contribution in [0.15, 0.2) is 47.4 Å². The van der Waals surface area contributed by atoms with Gasteiger partial charge in [-0.25, -0.2) is 8.42 Å². The predicted octanol–water partition coefficient (Wildman–Crippen LogP) is 3.43. The Morgan fingerprint density at radius 3 is 2.10 bits per heavy atom. The van der Waals surface area contributed by atoms with E-state index in [9.17, 15) is 8.42 Å². The molecule has 0 saturated carbocycles. The maximum atomic E-state index is 12.4. The number of hydrogen-bond donors (Lipinski definition) is 1. The lowest BCUT2D eigenvalue weighted by Crippen LogP contribution is -2.07. The van der Waals surface area contributed by atoms with E-state index in [1.807, 2.05) is 6.07 Å². The molecule has 2 N–H and O–H groups in total. The molecule has 0 atom stereocenters. The zero-order valence-corrected chi connectivity index (χ0v) is 12.8. The summed E-state index contributed by atoms with van der Waals surface area (Å²) in [4.78, 5) is -0.0264. The van der Waals surface area contributed by atoms with Crippen LogP contribution in [0.25, 0.3) is 0 Å². The minimum Gasteiger partial charge on any atom is -0.326 e. The van der Waals surface area contributed by atoms with Crippen molar-refractivity contribution in [1.29, 1.82) is 0 Å². The lowest BCUT2D eigenvalue weighted by molar-refractivity contribution is 0.595. The van der Waals surface area contributed by atoms with Crippen molar-refractivity contribution in [1.82, 2.24) is 0 Å². The summed E-state index contributed by atoms with van der Waals surface area (Å²) in [5.41, 5.74) is 7.08. The summed E-state index contributed by atoms with van der Waals surface area (Å²) in [6.07, 6.45) is 0. The van der Waals surface area contributed by atoms with Gasteiger partial charge >= 0.3 is 0 Å². The molecular formula is C14H13Cl2NO2S. The average Bonchev–Trinajstić information content (AvgIpc) is 2.37. The molecule has 0 fully saturated rings. The molecule has 0 unspecified atom stereocenters. The Balaban J connectivity index is 2.41. The Kier molecular flexibility index (Phi) is 4.70. The van der Waals surface area contributed by atoms with Crippen LogP contribution >= 0.6 is 23.2 Å². The van der Waals surface area contributed by atoms with Gasteiger partial charge in [0.15, 0.2) is 9.84 Å². The van der Waals surface area contributed by atoms with E-state index in [1.54, 1.807) is 24.3 Å². The summed E-state index contributed by atoms with van der Waals surface area (Å²) in [5, 5.41) is 0.264. The van der Waals surface area contributed by atoms with Gasteiger partial charge in [-0.05, 0) is 23.3 Å². The van der Waals surface area contributed by atoms with Gasteiger partial charge < -0.3 is 5.73 Å². The lowest BCUT2D eigenvalue weighted by Gasteiger charge is -2.09. The van der Waals surface area contributed by atoms with Gasteiger partial charge in [0.1, 0.15) is 4.90 Å². The third-order valence-corrected chi connectivity index (χ3v) is 5.44. The molecule has 0 bridgehead atoms. The molecule has 6 heteroatoms. The molecule has 20 heavy (non-hydrogen) atoms. The molecule has 3 nitrogen and oxygen atoms in total. The van der Waals surface area contributed by atoms with Crippen LogP contribution in [0.5, 0.6) is 0 Å². The van der Waals surface area contributed by atoms with Gasteiger partial charge in [0.05, 0.1) is 15.8 Å². The standard InChI is InChI=1S/C14H13Cl2NO2S/c15-12-5-2-6-13(16)14(12)20(18,19)9-11-4-1-3-10(7-11)8-17/h1-7H,8-9,17H2.